The van der Waals surface area contributed by atoms with Crippen molar-refractivity contribution >= 4 is 40.2 Å². The zero-order chi connectivity index (χ0) is 31.8. The first kappa shape index (κ1) is 30.8. The third-order valence-electron chi connectivity index (χ3n) is 8.08. The number of nitrogens with zero attached hydrogens (tertiary/aromatic N) is 4. The summed E-state index contributed by atoms with van der Waals surface area (Å²) in [5.74, 6) is -0.0912. The van der Waals surface area contributed by atoms with Gasteiger partial charge in [-0.3, -0.25) is 9.69 Å². The van der Waals surface area contributed by atoms with Crippen LogP contribution < -0.4 is 15.5 Å². The van der Waals surface area contributed by atoms with Crippen molar-refractivity contribution in [1.29, 1.82) is 0 Å². The van der Waals surface area contributed by atoms with Crippen LogP contribution in [0.4, 0.5) is 35.3 Å². The highest BCUT2D eigenvalue weighted by Gasteiger charge is 2.40. The van der Waals surface area contributed by atoms with Crippen LogP contribution in [0.2, 0.25) is 0 Å². The molecule has 1 fully saturated rings. The third-order valence-corrected chi connectivity index (χ3v) is 8.08. The van der Waals surface area contributed by atoms with Gasteiger partial charge in [-0.15, -0.1) is 0 Å². The number of anilines is 3. The Balaban J connectivity index is 1.48. The van der Waals surface area contributed by atoms with Gasteiger partial charge in [0.1, 0.15) is 0 Å². The number of aryl methyl sites for hydroxylation is 1. The maximum atomic E-state index is 13.7. The van der Waals surface area contributed by atoms with Crippen molar-refractivity contribution in [3.8, 4) is 11.1 Å². The topological polar surface area (TPSA) is 90.5 Å². The zero-order valence-corrected chi connectivity index (χ0v) is 25.3. The van der Waals surface area contributed by atoms with Crippen LogP contribution in [0.3, 0.4) is 0 Å². The van der Waals surface area contributed by atoms with E-state index in [-0.39, 0.29) is 29.5 Å². The summed E-state index contributed by atoms with van der Waals surface area (Å²) in [6.07, 6.45) is -1.27. The van der Waals surface area contributed by atoms with Gasteiger partial charge in [-0.05, 0) is 86.3 Å². The number of hydrogen-bond donors (Lipinski definition) is 2. The van der Waals surface area contributed by atoms with E-state index in [1.165, 1.54) is 11.0 Å². The normalized spacial score (nSPS) is 14.0. The van der Waals surface area contributed by atoms with Crippen molar-refractivity contribution in [1.82, 2.24) is 14.9 Å². The van der Waals surface area contributed by atoms with Gasteiger partial charge in [-0.1, -0.05) is 25.5 Å². The Hall–Kier alpha value is -4.67. The Morgan fingerprint density at radius 2 is 1.80 bits per heavy atom. The fourth-order valence-electron chi connectivity index (χ4n) is 5.71. The molecule has 11 heteroatoms. The molecule has 3 amide bonds. The Bertz CT molecular complexity index is 1740. The van der Waals surface area contributed by atoms with Crippen molar-refractivity contribution in [3.63, 3.8) is 0 Å². The highest BCUT2D eigenvalue weighted by atomic mass is 19.4. The van der Waals surface area contributed by atoms with E-state index in [4.69, 9.17) is 0 Å². The second kappa shape index (κ2) is 11.8. The lowest BCUT2D eigenvalue weighted by atomic mass is 9.97. The number of hydrogen-bond acceptors (Lipinski definition) is 5. The average Bonchev–Trinajstić information content (AvgIpc) is 3.38. The first-order chi connectivity index (χ1) is 20.8. The maximum absolute atomic E-state index is 13.7. The number of urea groups is 1. The highest BCUT2D eigenvalue weighted by Crippen LogP contribution is 2.38. The number of amides is 3. The predicted octanol–water partition coefficient (Wildman–Crippen LogP) is 7.74. The second-order valence-electron chi connectivity index (χ2n) is 11.6. The summed E-state index contributed by atoms with van der Waals surface area (Å²) >= 11 is 0. The zero-order valence-electron chi connectivity index (χ0n) is 25.3. The fourth-order valence-corrected chi connectivity index (χ4v) is 5.71. The van der Waals surface area contributed by atoms with E-state index >= 15 is 0 Å². The second-order valence-corrected chi connectivity index (χ2v) is 11.6. The van der Waals surface area contributed by atoms with Crippen LogP contribution in [0.25, 0.3) is 22.0 Å². The molecule has 1 saturated heterocycles. The molecule has 2 N–H and O–H groups in total. The molecule has 0 spiro atoms. The summed E-state index contributed by atoms with van der Waals surface area (Å²) in [7, 11) is 1.74. The van der Waals surface area contributed by atoms with E-state index in [2.05, 4.69) is 20.6 Å². The average molecular weight is 605 g/mol. The minimum absolute atomic E-state index is 0.0846. The standard InChI is InChI=1S/C33H35F3N6O2/c1-6-13-32(3,4)42-15-14-41(31(42)44)28-12-10-24(33(34,35)36)18-27(28)39-29(43)22-8-7-20(2)25(17-22)21-9-11-26-23(16-21)19-38-30(37-5)40-26/h7-12,16-19H,6,13-15H2,1-5H3,(H,39,43)(H,37,38,40). The predicted molar refractivity (Wildman–Crippen MR) is 167 cm³/mol. The molecule has 3 aromatic carbocycles. The molecule has 1 aromatic heterocycles. The Morgan fingerprint density at radius 1 is 1.02 bits per heavy atom. The molecule has 0 atom stereocenters. The number of rotatable bonds is 8. The molecule has 0 unspecified atom stereocenters. The first-order valence-corrected chi connectivity index (χ1v) is 14.5. The summed E-state index contributed by atoms with van der Waals surface area (Å²) in [4.78, 5) is 39.0. The van der Waals surface area contributed by atoms with Gasteiger partial charge in [0.05, 0.1) is 22.5 Å². The quantitative estimate of drug-likeness (QED) is 0.215. The summed E-state index contributed by atoms with van der Waals surface area (Å²) in [5, 5.41) is 6.40. The molecule has 1 aliphatic heterocycles. The maximum Gasteiger partial charge on any atom is 0.416 e. The molecule has 8 nitrogen and oxygen atoms in total. The van der Waals surface area contributed by atoms with Crippen molar-refractivity contribution in [2.45, 2.75) is 52.3 Å². The van der Waals surface area contributed by atoms with Crippen LogP contribution in [0.5, 0.6) is 0 Å². The monoisotopic (exact) mass is 604 g/mol. The molecule has 44 heavy (non-hydrogen) atoms. The van der Waals surface area contributed by atoms with Crippen molar-refractivity contribution in [2.24, 2.45) is 0 Å². The summed E-state index contributed by atoms with van der Waals surface area (Å²) in [6, 6.07) is 13.6. The van der Waals surface area contributed by atoms with E-state index in [9.17, 15) is 22.8 Å². The molecule has 2 heterocycles. The van der Waals surface area contributed by atoms with Crippen molar-refractivity contribution in [2.75, 3.05) is 35.7 Å². The van der Waals surface area contributed by atoms with Gasteiger partial charge >= 0.3 is 12.2 Å². The van der Waals surface area contributed by atoms with Crippen LogP contribution in [0.1, 0.15) is 55.1 Å². The number of halogens is 3. The van der Waals surface area contributed by atoms with E-state index < -0.39 is 23.2 Å². The lowest BCUT2D eigenvalue weighted by Gasteiger charge is -2.35. The number of carbonyl (C=O) groups is 2. The Morgan fingerprint density at radius 3 is 2.50 bits per heavy atom. The van der Waals surface area contributed by atoms with Crippen LogP contribution in [-0.2, 0) is 6.18 Å². The van der Waals surface area contributed by atoms with E-state index in [1.807, 2.05) is 45.9 Å². The fraction of sp³-hybridized carbons (Fsp3) is 0.333. The smallest absolute Gasteiger partial charge is 0.357 e. The molecule has 4 aromatic rings. The van der Waals surface area contributed by atoms with Crippen molar-refractivity contribution < 1.29 is 22.8 Å². The van der Waals surface area contributed by atoms with Crippen molar-refractivity contribution in [3.05, 3.63) is 77.5 Å². The molecule has 0 radical (unpaired) electrons. The van der Waals surface area contributed by atoms with Gasteiger partial charge in [0.15, 0.2) is 0 Å². The Labute approximate surface area is 254 Å². The van der Waals surface area contributed by atoms with E-state index in [0.29, 0.717) is 12.5 Å². The SMILES string of the molecule is CCCC(C)(C)N1CCN(c2ccc(C(F)(F)F)cc2NC(=O)c2ccc(C)c(-c3ccc4nc(NC)ncc4c3)c2)C1=O. The number of benzene rings is 3. The number of fused-ring (bicyclic) bond motifs is 1. The highest BCUT2D eigenvalue weighted by molar-refractivity contribution is 6.08. The van der Waals surface area contributed by atoms with Gasteiger partial charge in [0, 0.05) is 42.8 Å². The van der Waals surface area contributed by atoms with Gasteiger partial charge in [0.2, 0.25) is 5.95 Å². The lowest BCUT2D eigenvalue weighted by Crippen LogP contribution is -2.46. The van der Waals surface area contributed by atoms with Gasteiger partial charge < -0.3 is 15.5 Å². The molecular formula is C33H35F3N6O2. The number of aromatic nitrogens is 2. The Kier molecular flexibility index (Phi) is 8.24. The molecule has 0 bridgehead atoms. The van der Waals surface area contributed by atoms with Crippen LogP contribution in [0.15, 0.2) is 60.8 Å². The molecule has 0 saturated carbocycles. The minimum atomic E-state index is -4.63. The van der Waals surface area contributed by atoms with Gasteiger partial charge in [0.25, 0.3) is 5.91 Å². The third kappa shape index (κ3) is 6.04. The summed E-state index contributed by atoms with van der Waals surface area (Å²) < 4.78 is 41.2. The van der Waals surface area contributed by atoms with Crippen LogP contribution >= 0.6 is 0 Å². The van der Waals surface area contributed by atoms with E-state index in [0.717, 1.165) is 52.6 Å². The molecule has 0 aliphatic carbocycles. The molecule has 1 aliphatic rings. The lowest BCUT2D eigenvalue weighted by molar-refractivity contribution is -0.137. The minimum Gasteiger partial charge on any atom is -0.357 e. The number of alkyl halides is 3. The molecular weight excluding hydrogens is 569 g/mol. The van der Waals surface area contributed by atoms with E-state index in [1.54, 1.807) is 36.3 Å². The largest absolute Gasteiger partial charge is 0.416 e. The summed E-state index contributed by atoms with van der Waals surface area (Å²) in [5.41, 5.74) is 2.33. The summed E-state index contributed by atoms with van der Waals surface area (Å²) in [6.45, 7) is 8.62. The number of nitrogens with one attached hydrogen (secondary N) is 2. The van der Waals surface area contributed by atoms with Crippen LogP contribution in [0, 0.1) is 6.92 Å². The first-order valence-electron chi connectivity index (χ1n) is 14.5. The van der Waals surface area contributed by atoms with Gasteiger partial charge in [-0.2, -0.15) is 13.2 Å². The molecule has 230 valence electrons. The number of carbonyl (C=O) groups excluding carboxylic acids is 2. The molecule has 5 rings (SSSR count). The van der Waals surface area contributed by atoms with Crippen LogP contribution in [-0.4, -0.2) is 52.5 Å². The van der Waals surface area contributed by atoms with Gasteiger partial charge in [-0.25, -0.2) is 14.8 Å².